The van der Waals surface area contributed by atoms with E-state index in [-0.39, 0.29) is 11.3 Å². The summed E-state index contributed by atoms with van der Waals surface area (Å²) in [5.74, 6) is 0.0869. The zero-order chi connectivity index (χ0) is 12.7. The molecular formula is C13H7Cl2FN2. The molecule has 2 aromatic carbocycles. The maximum atomic E-state index is 13.6. The highest BCUT2D eigenvalue weighted by atomic mass is 35.5. The first-order valence-electron chi connectivity index (χ1n) is 5.25. The molecule has 2 nitrogen and oxygen atoms in total. The third kappa shape index (κ3) is 1.76. The van der Waals surface area contributed by atoms with Crippen molar-refractivity contribution in [2.45, 2.75) is 0 Å². The Morgan fingerprint density at radius 3 is 2.33 bits per heavy atom. The van der Waals surface area contributed by atoms with Gasteiger partial charge in [-0.1, -0.05) is 35.3 Å². The molecule has 0 radical (unpaired) electrons. The van der Waals surface area contributed by atoms with Crippen LogP contribution in [0.25, 0.3) is 22.4 Å². The van der Waals surface area contributed by atoms with Crippen LogP contribution < -0.4 is 0 Å². The van der Waals surface area contributed by atoms with Crippen molar-refractivity contribution >= 4 is 34.2 Å². The van der Waals surface area contributed by atoms with Crippen molar-refractivity contribution in [2.75, 3.05) is 0 Å². The van der Waals surface area contributed by atoms with Crippen molar-refractivity contribution in [3.63, 3.8) is 0 Å². The summed E-state index contributed by atoms with van der Waals surface area (Å²) >= 11 is 12.2. The molecule has 0 atom stereocenters. The van der Waals surface area contributed by atoms with E-state index < -0.39 is 0 Å². The lowest BCUT2D eigenvalue weighted by molar-refractivity contribution is 0.637. The number of hydrogen-bond acceptors (Lipinski definition) is 1. The number of rotatable bonds is 1. The molecule has 0 aliphatic rings. The van der Waals surface area contributed by atoms with Crippen LogP contribution >= 0.6 is 23.2 Å². The number of hydrogen-bond donors (Lipinski definition) is 1. The molecule has 1 N–H and O–H groups in total. The van der Waals surface area contributed by atoms with E-state index in [0.29, 0.717) is 26.9 Å². The molecule has 0 aliphatic heterocycles. The summed E-state index contributed by atoms with van der Waals surface area (Å²) in [7, 11) is 0. The number of nitrogens with zero attached hydrogens (tertiary/aromatic N) is 1. The number of H-pyrrole nitrogens is 1. The van der Waals surface area contributed by atoms with Crippen LogP contribution in [0.4, 0.5) is 4.39 Å². The first-order chi connectivity index (χ1) is 8.66. The van der Waals surface area contributed by atoms with E-state index in [0.717, 1.165) is 0 Å². The minimum absolute atomic E-state index is 0.281. The quantitative estimate of drug-likeness (QED) is 0.689. The summed E-state index contributed by atoms with van der Waals surface area (Å²) in [5.41, 5.74) is 1.47. The number of fused-ring (bicyclic) bond motifs is 1. The van der Waals surface area contributed by atoms with E-state index >= 15 is 0 Å². The van der Waals surface area contributed by atoms with Gasteiger partial charge in [-0.15, -0.1) is 0 Å². The van der Waals surface area contributed by atoms with E-state index in [2.05, 4.69) is 9.97 Å². The first-order valence-corrected chi connectivity index (χ1v) is 6.01. The van der Waals surface area contributed by atoms with Crippen LogP contribution in [0.2, 0.25) is 10.0 Å². The van der Waals surface area contributed by atoms with Crippen LogP contribution in [0, 0.1) is 5.82 Å². The highest BCUT2D eigenvalue weighted by molar-refractivity contribution is 6.39. The summed E-state index contributed by atoms with van der Waals surface area (Å²) in [6.07, 6.45) is 0. The van der Waals surface area contributed by atoms with Gasteiger partial charge in [0.15, 0.2) is 5.82 Å². The number of nitrogens with one attached hydrogen (secondary N) is 1. The number of halogens is 3. The molecule has 5 heteroatoms. The van der Waals surface area contributed by atoms with Gasteiger partial charge in [-0.25, -0.2) is 9.37 Å². The van der Waals surface area contributed by atoms with E-state index in [4.69, 9.17) is 23.2 Å². The Hall–Kier alpha value is -1.58. The van der Waals surface area contributed by atoms with Crippen LogP contribution in [-0.2, 0) is 0 Å². The Bertz CT molecular complexity index is 717. The Morgan fingerprint density at radius 2 is 1.67 bits per heavy atom. The van der Waals surface area contributed by atoms with E-state index in [1.807, 2.05) is 0 Å². The lowest BCUT2D eigenvalue weighted by Gasteiger charge is -2.02. The van der Waals surface area contributed by atoms with Gasteiger partial charge in [0.05, 0.1) is 21.1 Å². The molecule has 1 heterocycles. The molecule has 0 saturated heterocycles. The van der Waals surface area contributed by atoms with Crippen LogP contribution in [-0.4, -0.2) is 9.97 Å². The maximum absolute atomic E-state index is 13.6. The van der Waals surface area contributed by atoms with Gasteiger partial charge in [0.25, 0.3) is 0 Å². The van der Waals surface area contributed by atoms with Crippen LogP contribution in [0.15, 0.2) is 36.4 Å². The van der Waals surface area contributed by atoms with Gasteiger partial charge in [0.2, 0.25) is 0 Å². The number of imidazole rings is 1. The summed E-state index contributed by atoms with van der Waals surface area (Å²) in [4.78, 5) is 7.22. The molecule has 0 fully saturated rings. The minimum Gasteiger partial charge on any atom is -0.338 e. The molecule has 0 aliphatic carbocycles. The SMILES string of the molecule is Fc1cccc2[nH]c(-c3c(Cl)cccc3Cl)nc12. The van der Waals surface area contributed by atoms with Gasteiger partial charge in [0, 0.05) is 0 Å². The second-order valence-electron chi connectivity index (χ2n) is 3.82. The molecule has 90 valence electrons. The number of benzene rings is 2. The van der Waals surface area contributed by atoms with Crippen LogP contribution in [0.1, 0.15) is 0 Å². The van der Waals surface area contributed by atoms with Crippen molar-refractivity contribution in [1.82, 2.24) is 9.97 Å². The lowest BCUT2D eigenvalue weighted by atomic mass is 10.2. The molecule has 0 bridgehead atoms. The summed E-state index contributed by atoms with van der Waals surface area (Å²) in [5, 5.41) is 0.948. The lowest BCUT2D eigenvalue weighted by Crippen LogP contribution is -1.83. The first kappa shape index (κ1) is 11.5. The van der Waals surface area contributed by atoms with Crippen molar-refractivity contribution in [3.8, 4) is 11.4 Å². The van der Waals surface area contributed by atoms with Gasteiger partial charge < -0.3 is 4.98 Å². The molecule has 0 amide bonds. The minimum atomic E-state index is -0.377. The zero-order valence-corrected chi connectivity index (χ0v) is 10.6. The Morgan fingerprint density at radius 1 is 1.00 bits per heavy atom. The fraction of sp³-hybridized carbons (Fsp3) is 0. The molecular weight excluding hydrogens is 274 g/mol. The monoisotopic (exact) mass is 280 g/mol. The number of aromatic nitrogens is 2. The Balaban J connectivity index is 2.30. The second-order valence-corrected chi connectivity index (χ2v) is 4.63. The average molecular weight is 281 g/mol. The normalized spacial score (nSPS) is 11.1. The summed E-state index contributed by atoms with van der Waals surface area (Å²) in [6, 6.07) is 9.91. The van der Waals surface area contributed by atoms with Crippen molar-refractivity contribution in [1.29, 1.82) is 0 Å². The fourth-order valence-electron chi connectivity index (χ4n) is 1.84. The molecule has 0 saturated carbocycles. The van der Waals surface area contributed by atoms with Gasteiger partial charge in [-0.3, -0.25) is 0 Å². The zero-order valence-electron chi connectivity index (χ0n) is 9.05. The maximum Gasteiger partial charge on any atom is 0.151 e. The highest BCUT2D eigenvalue weighted by Gasteiger charge is 2.14. The van der Waals surface area contributed by atoms with Crippen molar-refractivity contribution < 1.29 is 4.39 Å². The van der Waals surface area contributed by atoms with Crippen molar-refractivity contribution in [3.05, 3.63) is 52.3 Å². The van der Waals surface area contributed by atoms with Gasteiger partial charge in [-0.05, 0) is 24.3 Å². The molecule has 18 heavy (non-hydrogen) atoms. The standard InChI is InChI=1S/C13H7Cl2FN2/c14-7-3-1-4-8(15)11(7)13-17-10-6-2-5-9(16)12(10)18-13/h1-6H,(H,17,18). The molecule has 3 rings (SSSR count). The Kier molecular flexibility index (Phi) is 2.73. The summed E-state index contributed by atoms with van der Waals surface area (Å²) < 4.78 is 13.6. The second kappa shape index (κ2) is 4.26. The third-order valence-electron chi connectivity index (χ3n) is 2.66. The topological polar surface area (TPSA) is 28.7 Å². The predicted octanol–water partition coefficient (Wildman–Crippen LogP) is 4.68. The molecule has 0 unspecified atom stereocenters. The molecule has 0 spiro atoms. The Labute approximate surface area is 112 Å². The van der Waals surface area contributed by atoms with Crippen molar-refractivity contribution in [2.24, 2.45) is 0 Å². The van der Waals surface area contributed by atoms with Gasteiger partial charge >= 0.3 is 0 Å². The van der Waals surface area contributed by atoms with Crippen LogP contribution in [0.5, 0.6) is 0 Å². The van der Waals surface area contributed by atoms with Gasteiger partial charge in [-0.2, -0.15) is 0 Å². The predicted molar refractivity (Wildman–Crippen MR) is 71.5 cm³/mol. The number of para-hydroxylation sites is 1. The van der Waals surface area contributed by atoms with E-state index in [9.17, 15) is 4.39 Å². The smallest absolute Gasteiger partial charge is 0.151 e. The highest BCUT2D eigenvalue weighted by Crippen LogP contribution is 2.33. The fourth-order valence-corrected chi connectivity index (χ4v) is 2.42. The van der Waals surface area contributed by atoms with E-state index in [1.165, 1.54) is 6.07 Å². The van der Waals surface area contributed by atoms with Gasteiger partial charge in [0.1, 0.15) is 11.3 Å². The third-order valence-corrected chi connectivity index (χ3v) is 3.29. The number of aromatic amines is 1. The van der Waals surface area contributed by atoms with E-state index in [1.54, 1.807) is 30.3 Å². The largest absolute Gasteiger partial charge is 0.338 e. The average Bonchev–Trinajstić information content (AvgIpc) is 2.74. The molecule has 1 aromatic heterocycles. The summed E-state index contributed by atoms with van der Waals surface area (Å²) in [6.45, 7) is 0. The molecule has 3 aromatic rings. The van der Waals surface area contributed by atoms with Crippen LogP contribution in [0.3, 0.4) is 0 Å².